The van der Waals surface area contributed by atoms with Crippen LogP contribution in [0.2, 0.25) is 5.02 Å². The number of anilines is 2. The Morgan fingerprint density at radius 2 is 1.91 bits per heavy atom. The smallest absolute Gasteiger partial charge is 0.350 e. The molecule has 1 aliphatic heterocycles. The number of rotatable bonds is 6. The summed E-state index contributed by atoms with van der Waals surface area (Å²) in [7, 11) is 0. The number of thiazole rings is 1. The molecule has 0 saturated carbocycles. The second-order valence-electron chi connectivity index (χ2n) is 7.37. The second-order valence-corrected chi connectivity index (χ2v) is 8.80. The van der Waals surface area contributed by atoms with E-state index in [0.29, 0.717) is 26.4 Å². The van der Waals surface area contributed by atoms with Crippen molar-refractivity contribution in [1.29, 1.82) is 0 Å². The van der Waals surface area contributed by atoms with Crippen LogP contribution in [0.4, 0.5) is 10.8 Å². The number of halogens is 1. The van der Waals surface area contributed by atoms with Crippen LogP contribution in [0.3, 0.4) is 0 Å². The molecule has 1 atom stereocenters. The number of esters is 1. The van der Waals surface area contributed by atoms with Crippen molar-refractivity contribution in [3.05, 3.63) is 75.8 Å². The van der Waals surface area contributed by atoms with Gasteiger partial charge in [0, 0.05) is 23.7 Å². The lowest BCUT2D eigenvalue weighted by Gasteiger charge is -2.16. The first-order chi connectivity index (χ1) is 15.4. The molecule has 0 bridgehead atoms. The van der Waals surface area contributed by atoms with E-state index in [9.17, 15) is 14.4 Å². The lowest BCUT2D eigenvalue weighted by Crippen LogP contribution is -2.28. The maximum atomic E-state index is 12.7. The highest BCUT2D eigenvalue weighted by Gasteiger charge is 2.35. The molecule has 1 aliphatic rings. The summed E-state index contributed by atoms with van der Waals surface area (Å²) < 4.78 is 5.36. The van der Waals surface area contributed by atoms with Crippen molar-refractivity contribution in [2.24, 2.45) is 5.92 Å². The Labute approximate surface area is 194 Å². The van der Waals surface area contributed by atoms with Gasteiger partial charge in [0.15, 0.2) is 5.13 Å². The Bertz CT molecular complexity index is 1150. The molecular formula is C23H20ClN3O4S. The summed E-state index contributed by atoms with van der Waals surface area (Å²) >= 11 is 6.96. The molecule has 1 aromatic heterocycles. The molecule has 164 valence electrons. The van der Waals surface area contributed by atoms with E-state index in [-0.39, 0.29) is 31.4 Å². The summed E-state index contributed by atoms with van der Waals surface area (Å²) in [6, 6.07) is 16.3. The van der Waals surface area contributed by atoms with Crippen molar-refractivity contribution in [1.82, 2.24) is 4.98 Å². The van der Waals surface area contributed by atoms with Gasteiger partial charge in [0.1, 0.15) is 11.5 Å². The number of nitrogens with zero attached hydrogens (tertiary/aromatic N) is 2. The number of hydrogen-bond acceptors (Lipinski definition) is 6. The van der Waals surface area contributed by atoms with Crippen LogP contribution in [0.15, 0.2) is 54.6 Å². The molecule has 32 heavy (non-hydrogen) atoms. The first-order valence-corrected chi connectivity index (χ1v) is 11.2. The second kappa shape index (κ2) is 9.50. The van der Waals surface area contributed by atoms with Gasteiger partial charge in [-0.25, -0.2) is 9.78 Å². The van der Waals surface area contributed by atoms with E-state index in [0.717, 1.165) is 16.9 Å². The van der Waals surface area contributed by atoms with Crippen molar-refractivity contribution in [2.45, 2.75) is 20.0 Å². The number of aryl methyl sites for hydroxylation is 1. The molecular weight excluding hydrogens is 450 g/mol. The van der Waals surface area contributed by atoms with Gasteiger partial charge in [-0.05, 0) is 36.8 Å². The Hall–Kier alpha value is -3.23. The van der Waals surface area contributed by atoms with E-state index in [1.54, 1.807) is 36.1 Å². The zero-order chi connectivity index (χ0) is 22.7. The minimum atomic E-state index is -0.518. The highest BCUT2D eigenvalue weighted by Crippen LogP contribution is 2.29. The molecule has 1 N–H and O–H groups in total. The van der Waals surface area contributed by atoms with Gasteiger partial charge in [0.25, 0.3) is 0 Å². The van der Waals surface area contributed by atoms with Crippen LogP contribution < -0.4 is 10.2 Å². The average Bonchev–Trinajstić information content (AvgIpc) is 3.35. The summed E-state index contributed by atoms with van der Waals surface area (Å²) in [5, 5.41) is 3.61. The van der Waals surface area contributed by atoms with Crippen molar-refractivity contribution in [3.63, 3.8) is 0 Å². The standard InChI is InChI=1S/C23H20ClN3O4S/c1-14-20(22(30)31-13-15-5-3-2-4-6-15)32-23(25-14)26-21(29)16-11-19(28)27(12-16)18-9-7-17(24)8-10-18/h2-10,16H,11-13H2,1H3,(H,25,26,29). The number of amides is 2. The first kappa shape index (κ1) is 22.0. The van der Waals surface area contributed by atoms with E-state index in [1.165, 1.54) is 0 Å². The van der Waals surface area contributed by atoms with Gasteiger partial charge in [-0.2, -0.15) is 0 Å². The van der Waals surface area contributed by atoms with E-state index in [4.69, 9.17) is 16.3 Å². The highest BCUT2D eigenvalue weighted by molar-refractivity contribution is 7.17. The van der Waals surface area contributed by atoms with Gasteiger partial charge in [-0.1, -0.05) is 53.3 Å². The summed E-state index contributed by atoms with van der Waals surface area (Å²) in [4.78, 5) is 43.8. The molecule has 1 unspecified atom stereocenters. The molecule has 9 heteroatoms. The van der Waals surface area contributed by atoms with Crippen LogP contribution in [0.5, 0.6) is 0 Å². The van der Waals surface area contributed by atoms with Gasteiger partial charge in [-0.15, -0.1) is 0 Å². The topological polar surface area (TPSA) is 88.6 Å². The van der Waals surface area contributed by atoms with Crippen LogP contribution in [0.1, 0.15) is 27.3 Å². The third kappa shape index (κ3) is 4.98. The highest BCUT2D eigenvalue weighted by atomic mass is 35.5. The zero-order valence-corrected chi connectivity index (χ0v) is 18.8. The molecule has 0 spiro atoms. The normalized spacial score (nSPS) is 15.6. The monoisotopic (exact) mass is 469 g/mol. The number of nitrogens with one attached hydrogen (secondary N) is 1. The van der Waals surface area contributed by atoms with Crippen molar-refractivity contribution < 1.29 is 19.1 Å². The van der Waals surface area contributed by atoms with E-state index < -0.39 is 11.9 Å². The molecule has 2 amide bonds. The van der Waals surface area contributed by atoms with Crippen LogP contribution in [-0.2, 0) is 20.9 Å². The van der Waals surface area contributed by atoms with Crippen LogP contribution in [0, 0.1) is 12.8 Å². The van der Waals surface area contributed by atoms with Gasteiger partial charge in [0.05, 0.1) is 11.6 Å². The van der Waals surface area contributed by atoms with E-state index in [1.807, 2.05) is 30.3 Å². The Morgan fingerprint density at radius 3 is 2.62 bits per heavy atom. The fourth-order valence-corrected chi connectivity index (χ4v) is 4.38. The number of carbonyl (C=O) groups is 3. The molecule has 1 fully saturated rings. The Kier molecular flexibility index (Phi) is 6.53. The average molecular weight is 470 g/mol. The number of hydrogen-bond donors (Lipinski definition) is 1. The van der Waals surface area contributed by atoms with Gasteiger partial charge < -0.3 is 15.0 Å². The van der Waals surface area contributed by atoms with Crippen LogP contribution >= 0.6 is 22.9 Å². The third-order valence-corrected chi connectivity index (χ3v) is 6.36. The summed E-state index contributed by atoms with van der Waals surface area (Å²) in [6.45, 7) is 2.11. The number of ether oxygens (including phenoxy) is 1. The summed E-state index contributed by atoms with van der Waals surface area (Å²) in [5.41, 5.74) is 2.06. The minimum Gasteiger partial charge on any atom is -0.457 e. The largest absolute Gasteiger partial charge is 0.457 e. The Balaban J connectivity index is 1.37. The predicted molar refractivity (Wildman–Crippen MR) is 123 cm³/mol. The molecule has 2 aromatic carbocycles. The van der Waals surface area contributed by atoms with Crippen molar-refractivity contribution in [2.75, 3.05) is 16.8 Å². The molecule has 4 rings (SSSR count). The predicted octanol–water partition coefficient (Wildman–Crippen LogP) is 4.45. The lowest BCUT2D eigenvalue weighted by molar-refractivity contribution is -0.122. The number of aromatic nitrogens is 1. The minimum absolute atomic E-state index is 0.102. The quantitative estimate of drug-likeness (QED) is 0.538. The fraction of sp³-hybridized carbons (Fsp3) is 0.217. The van der Waals surface area contributed by atoms with Gasteiger partial charge in [0.2, 0.25) is 11.8 Å². The molecule has 1 saturated heterocycles. The van der Waals surface area contributed by atoms with E-state index >= 15 is 0 Å². The third-order valence-electron chi connectivity index (χ3n) is 5.06. The maximum absolute atomic E-state index is 12.7. The first-order valence-electron chi connectivity index (χ1n) is 9.96. The SMILES string of the molecule is Cc1nc(NC(=O)C2CC(=O)N(c3ccc(Cl)cc3)C2)sc1C(=O)OCc1ccccc1. The summed E-state index contributed by atoms with van der Waals surface area (Å²) in [6.07, 6.45) is 0.102. The fourth-order valence-electron chi connectivity index (χ4n) is 3.39. The molecule has 2 heterocycles. The number of benzene rings is 2. The molecule has 0 radical (unpaired) electrons. The maximum Gasteiger partial charge on any atom is 0.350 e. The molecule has 0 aliphatic carbocycles. The lowest BCUT2D eigenvalue weighted by atomic mass is 10.1. The van der Waals surface area contributed by atoms with Crippen molar-refractivity contribution in [3.8, 4) is 0 Å². The molecule has 7 nitrogen and oxygen atoms in total. The number of carbonyl (C=O) groups excluding carboxylic acids is 3. The van der Waals surface area contributed by atoms with Crippen LogP contribution in [-0.4, -0.2) is 29.3 Å². The van der Waals surface area contributed by atoms with Gasteiger partial charge >= 0.3 is 5.97 Å². The van der Waals surface area contributed by atoms with E-state index in [2.05, 4.69) is 10.3 Å². The van der Waals surface area contributed by atoms with Crippen molar-refractivity contribution >= 4 is 51.5 Å². The summed E-state index contributed by atoms with van der Waals surface area (Å²) in [5.74, 6) is -1.45. The Morgan fingerprint density at radius 1 is 1.19 bits per heavy atom. The van der Waals surface area contributed by atoms with Crippen LogP contribution in [0.25, 0.3) is 0 Å². The zero-order valence-electron chi connectivity index (χ0n) is 17.2. The van der Waals surface area contributed by atoms with Gasteiger partial charge in [-0.3, -0.25) is 9.59 Å². The molecule has 3 aromatic rings.